The summed E-state index contributed by atoms with van der Waals surface area (Å²) in [5.41, 5.74) is 0.0876. The Morgan fingerprint density at radius 3 is 2.80 bits per heavy atom. The Morgan fingerprint density at radius 2 is 2.15 bits per heavy atom. The van der Waals surface area contributed by atoms with Crippen molar-refractivity contribution in [2.75, 3.05) is 6.61 Å². The fraction of sp³-hybridized carbons (Fsp3) is 0.765. The second-order valence-electron chi connectivity index (χ2n) is 7.14. The summed E-state index contributed by atoms with van der Waals surface area (Å²) in [6, 6.07) is 4.04. The van der Waals surface area contributed by atoms with Crippen LogP contribution < -0.4 is 0 Å². The Hall–Kier alpha value is -0.800. The van der Waals surface area contributed by atoms with E-state index in [9.17, 15) is 5.11 Å². The summed E-state index contributed by atoms with van der Waals surface area (Å²) in [6.07, 6.45) is 6.30. The van der Waals surface area contributed by atoms with E-state index in [2.05, 4.69) is 13.0 Å². The van der Waals surface area contributed by atoms with Crippen molar-refractivity contribution < 1.29 is 14.3 Å². The summed E-state index contributed by atoms with van der Waals surface area (Å²) < 4.78 is 11.9. The Kier molecular flexibility index (Phi) is 2.97. The van der Waals surface area contributed by atoms with Crippen molar-refractivity contribution >= 4 is 0 Å². The van der Waals surface area contributed by atoms with Gasteiger partial charge in [0.1, 0.15) is 17.6 Å². The van der Waals surface area contributed by atoms with Crippen LogP contribution in [0.5, 0.6) is 0 Å². The van der Waals surface area contributed by atoms with Gasteiger partial charge in [-0.2, -0.15) is 0 Å². The monoisotopic (exact) mass is 276 g/mol. The minimum Gasteiger partial charge on any atom is -0.463 e. The van der Waals surface area contributed by atoms with Crippen LogP contribution in [0.25, 0.3) is 0 Å². The van der Waals surface area contributed by atoms with Crippen molar-refractivity contribution in [1.82, 2.24) is 0 Å². The Bertz CT molecular complexity index is 488. The third-order valence-electron chi connectivity index (χ3n) is 5.66. The minimum absolute atomic E-state index is 0.0876. The maximum Gasteiger partial charge on any atom is 0.132 e. The molecule has 0 aromatic carbocycles. The van der Waals surface area contributed by atoms with Crippen molar-refractivity contribution in [2.24, 2.45) is 11.8 Å². The van der Waals surface area contributed by atoms with Gasteiger partial charge in [0.25, 0.3) is 0 Å². The zero-order valence-electron chi connectivity index (χ0n) is 12.2. The lowest BCUT2D eigenvalue weighted by Crippen LogP contribution is -2.46. The average molecular weight is 276 g/mol. The summed E-state index contributed by atoms with van der Waals surface area (Å²) in [6.45, 7) is 3.04. The summed E-state index contributed by atoms with van der Waals surface area (Å²) in [5, 5.41) is 10.6. The van der Waals surface area contributed by atoms with E-state index in [4.69, 9.17) is 9.15 Å². The molecule has 0 bridgehead atoms. The van der Waals surface area contributed by atoms with Crippen LogP contribution in [-0.2, 0) is 4.74 Å². The zero-order valence-corrected chi connectivity index (χ0v) is 12.2. The second-order valence-corrected chi connectivity index (χ2v) is 7.14. The molecule has 3 nitrogen and oxygen atoms in total. The number of hydrogen-bond donors (Lipinski definition) is 1. The molecular formula is C17H24O3. The molecule has 2 heterocycles. The highest BCUT2D eigenvalue weighted by atomic mass is 16.5. The van der Waals surface area contributed by atoms with E-state index in [-0.39, 0.29) is 5.60 Å². The summed E-state index contributed by atoms with van der Waals surface area (Å²) in [4.78, 5) is 0. The number of aliphatic hydroxyl groups is 1. The van der Waals surface area contributed by atoms with Crippen molar-refractivity contribution in [2.45, 2.75) is 63.1 Å². The second kappa shape index (κ2) is 4.60. The number of aliphatic hydroxyl groups excluding tert-OH is 1. The molecule has 2 saturated carbocycles. The van der Waals surface area contributed by atoms with Crippen LogP contribution in [0.3, 0.4) is 0 Å². The molecular weight excluding hydrogens is 252 g/mol. The highest BCUT2D eigenvalue weighted by molar-refractivity contribution is 5.19. The fourth-order valence-corrected chi connectivity index (χ4v) is 3.93. The van der Waals surface area contributed by atoms with Crippen LogP contribution in [-0.4, -0.2) is 17.3 Å². The number of rotatable bonds is 3. The van der Waals surface area contributed by atoms with E-state index >= 15 is 0 Å². The predicted molar refractivity (Wildman–Crippen MR) is 75.4 cm³/mol. The first kappa shape index (κ1) is 12.9. The van der Waals surface area contributed by atoms with E-state index in [1.54, 1.807) is 0 Å². The normalized spacial score (nSPS) is 36.6. The van der Waals surface area contributed by atoms with Crippen LogP contribution in [0, 0.1) is 11.8 Å². The molecule has 0 radical (unpaired) electrons. The van der Waals surface area contributed by atoms with Crippen LogP contribution in [0.2, 0.25) is 0 Å². The molecule has 4 unspecified atom stereocenters. The summed E-state index contributed by atoms with van der Waals surface area (Å²) in [5.74, 6) is 3.45. The molecule has 4 rings (SSSR count). The van der Waals surface area contributed by atoms with Gasteiger partial charge in [0.15, 0.2) is 0 Å². The molecule has 1 aromatic rings. The van der Waals surface area contributed by atoms with Gasteiger partial charge < -0.3 is 14.3 Å². The van der Waals surface area contributed by atoms with Crippen LogP contribution in [0.1, 0.15) is 69.0 Å². The first-order chi connectivity index (χ1) is 9.67. The van der Waals surface area contributed by atoms with Gasteiger partial charge in [0.05, 0.1) is 5.60 Å². The molecule has 0 amide bonds. The van der Waals surface area contributed by atoms with Crippen LogP contribution in [0.4, 0.5) is 0 Å². The molecule has 3 aliphatic rings. The van der Waals surface area contributed by atoms with Crippen molar-refractivity contribution in [3.63, 3.8) is 0 Å². The quantitative estimate of drug-likeness (QED) is 0.913. The van der Waals surface area contributed by atoms with Gasteiger partial charge in [0.2, 0.25) is 0 Å². The van der Waals surface area contributed by atoms with Gasteiger partial charge >= 0.3 is 0 Å². The molecule has 1 N–H and O–H groups in total. The standard InChI is InChI=1S/C17H24O3/c1-11-9-13(11)14-3-4-15(20-14)16(18)12-5-8-19-17(10-12)6-2-7-17/h3-4,11-13,16,18H,2,5-10H2,1H3. The highest BCUT2D eigenvalue weighted by Crippen LogP contribution is 2.49. The third kappa shape index (κ3) is 2.11. The van der Waals surface area contributed by atoms with Gasteiger partial charge in [-0.3, -0.25) is 0 Å². The van der Waals surface area contributed by atoms with Crippen molar-refractivity contribution in [3.8, 4) is 0 Å². The molecule has 1 aliphatic heterocycles. The van der Waals surface area contributed by atoms with Crippen molar-refractivity contribution in [1.29, 1.82) is 0 Å². The van der Waals surface area contributed by atoms with E-state index in [0.717, 1.165) is 36.9 Å². The lowest BCUT2D eigenvalue weighted by molar-refractivity contribution is -0.158. The third-order valence-corrected chi connectivity index (χ3v) is 5.66. The lowest BCUT2D eigenvalue weighted by atomic mass is 9.70. The van der Waals surface area contributed by atoms with Crippen LogP contribution in [0.15, 0.2) is 16.5 Å². The van der Waals surface area contributed by atoms with Gasteiger partial charge in [-0.05, 0) is 62.5 Å². The van der Waals surface area contributed by atoms with Gasteiger partial charge in [-0.25, -0.2) is 0 Å². The van der Waals surface area contributed by atoms with Gasteiger partial charge in [-0.1, -0.05) is 6.92 Å². The molecule has 3 fully saturated rings. The predicted octanol–water partition coefficient (Wildman–Crippen LogP) is 3.79. The van der Waals surface area contributed by atoms with Gasteiger partial charge in [-0.15, -0.1) is 0 Å². The molecule has 1 saturated heterocycles. The Labute approximate surface area is 120 Å². The maximum atomic E-state index is 10.6. The largest absolute Gasteiger partial charge is 0.463 e. The number of ether oxygens (including phenoxy) is 1. The molecule has 20 heavy (non-hydrogen) atoms. The molecule has 4 atom stereocenters. The van der Waals surface area contributed by atoms with Crippen LogP contribution >= 0.6 is 0 Å². The zero-order chi connectivity index (χ0) is 13.7. The number of hydrogen-bond acceptors (Lipinski definition) is 3. The SMILES string of the molecule is CC1CC1c1ccc(C(O)C2CCOC3(CCC3)C2)o1. The molecule has 2 aliphatic carbocycles. The van der Waals surface area contributed by atoms with E-state index in [1.807, 2.05) is 6.07 Å². The van der Waals surface area contributed by atoms with Gasteiger partial charge in [0, 0.05) is 12.5 Å². The Morgan fingerprint density at radius 1 is 1.35 bits per heavy atom. The van der Waals surface area contributed by atoms with E-state index in [1.165, 1.54) is 25.7 Å². The van der Waals surface area contributed by atoms with E-state index in [0.29, 0.717) is 11.8 Å². The Balaban J connectivity index is 1.46. The topological polar surface area (TPSA) is 42.6 Å². The summed E-state index contributed by atoms with van der Waals surface area (Å²) in [7, 11) is 0. The molecule has 1 aromatic heterocycles. The highest BCUT2D eigenvalue weighted by Gasteiger charge is 2.45. The maximum absolute atomic E-state index is 10.6. The minimum atomic E-state index is -0.459. The summed E-state index contributed by atoms with van der Waals surface area (Å²) >= 11 is 0. The number of furan rings is 1. The average Bonchev–Trinajstić information content (AvgIpc) is 2.97. The first-order valence-electron chi connectivity index (χ1n) is 8.08. The molecule has 110 valence electrons. The smallest absolute Gasteiger partial charge is 0.132 e. The van der Waals surface area contributed by atoms with E-state index < -0.39 is 6.10 Å². The first-order valence-corrected chi connectivity index (χ1v) is 8.08. The lowest BCUT2D eigenvalue weighted by Gasteiger charge is -2.47. The molecule has 1 spiro atoms. The fourth-order valence-electron chi connectivity index (χ4n) is 3.93. The molecule has 3 heteroatoms. The van der Waals surface area contributed by atoms with Crippen molar-refractivity contribution in [3.05, 3.63) is 23.7 Å².